The summed E-state index contributed by atoms with van der Waals surface area (Å²) in [6.07, 6.45) is 3.84. The molecule has 0 aliphatic heterocycles. The van der Waals surface area contributed by atoms with Crippen molar-refractivity contribution in [1.82, 2.24) is 0 Å². The Hall–Kier alpha value is -0.0500. The Balaban J connectivity index is 2.41. The fourth-order valence-electron chi connectivity index (χ4n) is 1.29. The third-order valence-corrected chi connectivity index (χ3v) is 2.97. The Bertz CT molecular complexity index is 206. The van der Waals surface area contributed by atoms with Gasteiger partial charge in [0.1, 0.15) is 0 Å². The minimum Gasteiger partial charge on any atom is -0.0823 e. The number of benzene rings is 1. The smallest absolute Gasteiger partial charge is 0.0150 e. The molecule has 1 aromatic carbocycles. The Morgan fingerprint density at radius 2 is 1.92 bits per heavy atom. The van der Waals surface area contributed by atoms with Crippen LogP contribution in [0.3, 0.4) is 0 Å². The molecule has 0 saturated heterocycles. The lowest BCUT2D eigenvalue weighted by Gasteiger charge is -2.07. The van der Waals surface area contributed by atoms with Crippen molar-refractivity contribution in [1.29, 1.82) is 0 Å². The van der Waals surface area contributed by atoms with Gasteiger partial charge in [0, 0.05) is 3.92 Å². The third kappa shape index (κ3) is 3.57. The van der Waals surface area contributed by atoms with E-state index in [-0.39, 0.29) is 0 Å². The van der Waals surface area contributed by atoms with Gasteiger partial charge in [-0.15, -0.1) is 0 Å². The lowest BCUT2D eigenvalue weighted by atomic mass is 10.1. The van der Waals surface area contributed by atoms with Crippen molar-refractivity contribution in [3.05, 3.63) is 35.9 Å². The molecule has 0 saturated carbocycles. The first-order valence-electron chi connectivity index (χ1n) is 4.51. The van der Waals surface area contributed by atoms with Crippen LogP contribution in [-0.4, -0.2) is 3.92 Å². The van der Waals surface area contributed by atoms with Crippen molar-refractivity contribution >= 4 is 22.6 Å². The maximum absolute atomic E-state index is 2.55. The maximum atomic E-state index is 2.55. The van der Waals surface area contributed by atoms with Gasteiger partial charge in [0.2, 0.25) is 0 Å². The van der Waals surface area contributed by atoms with Crippen LogP contribution in [0.4, 0.5) is 0 Å². The summed E-state index contributed by atoms with van der Waals surface area (Å²) in [5.41, 5.74) is 1.46. The third-order valence-electron chi connectivity index (χ3n) is 1.90. The molecule has 0 spiro atoms. The van der Waals surface area contributed by atoms with E-state index in [9.17, 15) is 0 Å². The highest BCUT2D eigenvalue weighted by Crippen LogP contribution is 2.14. The van der Waals surface area contributed by atoms with Gasteiger partial charge in [-0.25, -0.2) is 0 Å². The predicted octanol–water partition coefficient (Wildman–Crippen LogP) is 3.83. The van der Waals surface area contributed by atoms with Gasteiger partial charge < -0.3 is 0 Å². The summed E-state index contributed by atoms with van der Waals surface area (Å²) in [6, 6.07) is 10.7. The van der Waals surface area contributed by atoms with Gasteiger partial charge in [0.15, 0.2) is 0 Å². The van der Waals surface area contributed by atoms with Gasteiger partial charge in [0.05, 0.1) is 0 Å². The fourth-order valence-corrected chi connectivity index (χ4v) is 2.42. The van der Waals surface area contributed by atoms with Crippen molar-refractivity contribution in [2.45, 2.75) is 30.1 Å². The first-order chi connectivity index (χ1) is 5.83. The monoisotopic (exact) mass is 274 g/mol. The number of hydrogen-bond donors (Lipinski definition) is 0. The Labute approximate surface area is 88.5 Å². The van der Waals surface area contributed by atoms with Crippen LogP contribution in [0.25, 0.3) is 0 Å². The minimum atomic E-state index is 0.801. The summed E-state index contributed by atoms with van der Waals surface area (Å²) < 4.78 is 0.801. The van der Waals surface area contributed by atoms with E-state index in [1.54, 1.807) is 0 Å². The van der Waals surface area contributed by atoms with E-state index < -0.39 is 0 Å². The Morgan fingerprint density at radius 3 is 2.50 bits per heavy atom. The van der Waals surface area contributed by atoms with Gasteiger partial charge in [-0.05, 0) is 18.4 Å². The van der Waals surface area contributed by atoms with Crippen LogP contribution in [-0.2, 0) is 6.42 Å². The summed E-state index contributed by atoms with van der Waals surface area (Å²) in [7, 11) is 0. The van der Waals surface area contributed by atoms with Crippen LogP contribution in [0, 0.1) is 0 Å². The number of rotatable bonds is 4. The Kier molecular flexibility index (Phi) is 4.66. The fraction of sp³-hybridized carbons (Fsp3) is 0.455. The summed E-state index contributed by atoms with van der Waals surface area (Å²) in [5, 5.41) is 0. The molecule has 0 N–H and O–H groups in total. The second-order valence-electron chi connectivity index (χ2n) is 3.08. The zero-order chi connectivity index (χ0) is 8.81. The van der Waals surface area contributed by atoms with E-state index in [1.807, 2.05) is 0 Å². The van der Waals surface area contributed by atoms with Crippen LogP contribution in [0.2, 0.25) is 0 Å². The highest BCUT2D eigenvalue weighted by Gasteiger charge is 2.02. The average molecular weight is 274 g/mol. The molecule has 0 aliphatic rings. The molecule has 0 heterocycles. The van der Waals surface area contributed by atoms with Gasteiger partial charge in [-0.2, -0.15) is 0 Å². The van der Waals surface area contributed by atoms with E-state index in [4.69, 9.17) is 0 Å². The molecule has 0 radical (unpaired) electrons. The first-order valence-corrected chi connectivity index (χ1v) is 5.75. The normalized spacial score (nSPS) is 12.8. The summed E-state index contributed by atoms with van der Waals surface area (Å²) in [6.45, 7) is 2.25. The highest BCUT2D eigenvalue weighted by molar-refractivity contribution is 14.1. The number of halogens is 1. The van der Waals surface area contributed by atoms with E-state index >= 15 is 0 Å². The van der Waals surface area contributed by atoms with E-state index in [1.165, 1.54) is 24.8 Å². The minimum absolute atomic E-state index is 0.801. The molecule has 0 fully saturated rings. The molecular weight excluding hydrogens is 259 g/mol. The molecule has 66 valence electrons. The van der Waals surface area contributed by atoms with Crippen molar-refractivity contribution in [3.63, 3.8) is 0 Å². The standard InChI is InChI=1S/C11H15I/c1-2-6-11(12)9-10-7-4-3-5-8-10/h3-5,7-8,11H,2,6,9H2,1H3. The topological polar surface area (TPSA) is 0 Å². The van der Waals surface area contributed by atoms with Crippen LogP contribution in [0.15, 0.2) is 30.3 Å². The molecule has 1 aromatic rings. The quantitative estimate of drug-likeness (QED) is 0.578. The molecule has 0 nitrogen and oxygen atoms in total. The average Bonchev–Trinajstić information content (AvgIpc) is 2.06. The lowest BCUT2D eigenvalue weighted by molar-refractivity contribution is 0.756. The van der Waals surface area contributed by atoms with Crippen LogP contribution in [0.1, 0.15) is 25.3 Å². The highest BCUT2D eigenvalue weighted by atomic mass is 127. The molecule has 0 aliphatic carbocycles. The van der Waals surface area contributed by atoms with Gasteiger partial charge in [-0.3, -0.25) is 0 Å². The van der Waals surface area contributed by atoms with Crippen LogP contribution >= 0.6 is 22.6 Å². The van der Waals surface area contributed by atoms with Crippen molar-refractivity contribution < 1.29 is 0 Å². The molecular formula is C11H15I. The largest absolute Gasteiger partial charge is 0.0823 e. The van der Waals surface area contributed by atoms with Crippen molar-refractivity contribution in [3.8, 4) is 0 Å². The molecule has 0 bridgehead atoms. The van der Waals surface area contributed by atoms with Gasteiger partial charge in [-0.1, -0.05) is 66.3 Å². The Morgan fingerprint density at radius 1 is 1.25 bits per heavy atom. The number of hydrogen-bond acceptors (Lipinski definition) is 0. The van der Waals surface area contributed by atoms with Gasteiger partial charge >= 0.3 is 0 Å². The number of alkyl halides is 1. The second kappa shape index (κ2) is 5.57. The molecule has 1 heteroatoms. The van der Waals surface area contributed by atoms with E-state index in [0.29, 0.717) is 0 Å². The van der Waals surface area contributed by atoms with Gasteiger partial charge in [0.25, 0.3) is 0 Å². The molecule has 0 amide bonds. The predicted molar refractivity (Wildman–Crippen MR) is 62.9 cm³/mol. The summed E-state index contributed by atoms with van der Waals surface area (Å²) >= 11 is 2.55. The summed E-state index contributed by atoms with van der Waals surface area (Å²) in [4.78, 5) is 0. The summed E-state index contributed by atoms with van der Waals surface area (Å²) in [5.74, 6) is 0. The zero-order valence-electron chi connectivity index (χ0n) is 7.46. The van der Waals surface area contributed by atoms with Crippen LogP contribution in [0.5, 0.6) is 0 Å². The zero-order valence-corrected chi connectivity index (χ0v) is 9.62. The lowest BCUT2D eigenvalue weighted by Crippen LogP contribution is -2.01. The molecule has 0 aromatic heterocycles. The van der Waals surface area contributed by atoms with E-state index in [0.717, 1.165) is 3.92 Å². The molecule has 1 atom stereocenters. The van der Waals surface area contributed by atoms with Crippen molar-refractivity contribution in [2.75, 3.05) is 0 Å². The SMILES string of the molecule is CCCC(I)Cc1ccccc1. The molecule has 12 heavy (non-hydrogen) atoms. The second-order valence-corrected chi connectivity index (χ2v) is 4.84. The molecule has 1 rings (SSSR count). The maximum Gasteiger partial charge on any atom is 0.0150 e. The first kappa shape index (κ1) is 10.0. The molecule has 1 unspecified atom stereocenters. The van der Waals surface area contributed by atoms with Crippen LogP contribution < -0.4 is 0 Å². The van der Waals surface area contributed by atoms with E-state index in [2.05, 4.69) is 59.8 Å². The van der Waals surface area contributed by atoms with Crippen molar-refractivity contribution in [2.24, 2.45) is 0 Å².